The minimum Gasteiger partial charge on any atom is -0.478 e. The number of aryl methyl sites for hydroxylation is 2. The van der Waals surface area contributed by atoms with Crippen LogP contribution in [0.3, 0.4) is 0 Å². The third-order valence-electron chi connectivity index (χ3n) is 3.28. The third kappa shape index (κ3) is 4.46. The van der Waals surface area contributed by atoms with Crippen molar-refractivity contribution in [1.29, 1.82) is 0 Å². The Balaban J connectivity index is 3.20. The van der Waals surface area contributed by atoms with Gasteiger partial charge in [-0.3, -0.25) is 0 Å². The van der Waals surface area contributed by atoms with Crippen LogP contribution in [0.15, 0.2) is 17.0 Å². The largest absolute Gasteiger partial charge is 0.478 e. The molecule has 0 spiro atoms. The molecule has 0 radical (unpaired) electrons. The monoisotopic (exact) mass is 331 g/mol. The number of thioether (sulfide) groups is 1. The van der Waals surface area contributed by atoms with Crippen LogP contribution >= 0.6 is 11.8 Å². The standard InChI is InChI=1S/C14H21NO4S2/c1-9-6-10(2)12(7-11(9)13(16)17)21(18,19)15-8-14(3,4)20-5/h6-7,15H,8H2,1-5H3,(H,16,17). The van der Waals surface area contributed by atoms with Crippen LogP contribution in [0.2, 0.25) is 0 Å². The topological polar surface area (TPSA) is 83.5 Å². The average Bonchev–Trinajstić information content (AvgIpc) is 2.36. The maximum atomic E-state index is 12.4. The zero-order chi connectivity index (χ0) is 16.4. The van der Waals surface area contributed by atoms with Crippen molar-refractivity contribution in [3.8, 4) is 0 Å². The molecule has 7 heteroatoms. The van der Waals surface area contributed by atoms with Crippen LogP contribution in [0.4, 0.5) is 0 Å². The molecule has 0 saturated heterocycles. The van der Waals surface area contributed by atoms with E-state index in [0.717, 1.165) is 0 Å². The molecule has 0 fully saturated rings. The molecule has 0 atom stereocenters. The van der Waals surface area contributed by atoms with Crippen molar-refractivity contribution in [3.63, 3.8) is 0 Å². The number of carboxylic acids is 1. The van der Waals surface area contributed by atoms with Crippen LogP contribution in [-0.2, 0) is 10.0 Å². The molecular formula is C14H21NO4S2. The van der Waals surface area contributed by atoms with E-state index in [1.54, 1.807) is 31.7 Å². The Kier molecular flexibility index (Phi) is 5.46. The lowest BCUT2D eigenvalue weighted by Gasteiger charge is -2.22. The van der Waals surface area contributed by atoms with Crippen LogP contribution in [0.5, 0.6) is 0 Å². The number of aromatic carboxylic acids is 1. The molecular weight excluding hydrogens is 310 g/mol. The molecule has 0 bridgehead atoms. The number of carboxylic acid groups (broad SMARTS) is 1. The van der Waals surface area contributed by atoms with Gasteiger partial charge in [0.1, 0.15) is 0 Å². The number of hydrogen-bond donors (Lipinski definition) is 2. The van der Waals surface area contributed by atoms with E-state index in [1.165, 1.54) is 6.07 Å². The summed E-state index contributed by atoms with van der Waals surface area (Å²) >= 11 is 1.56. The van der Waals surface area contributed by atoms with Crippen LogP contribution in [-0.4, -0.2) is 37.0 Å². The first-order chi connectivity index (χ1) is 9.50. The Morgan fingerprint density at radius 2 is 1.86 bits per heavy atom. The second-order valence-electron chi connectivity index (χ2n) is 5.53. The van der Waals surface area contributed by atoms with Gasteiger partial charge in [0, 0.05) is 11.3 Å². The first-order valence-electron chi connectivity index (χ1n) is 6.39. The van der Waals surface area contributed by atoms with Crippen LogP contribution in [0.25, 0.3) is 0 Å². The lowest BCUT2D eigenvalue weighted by molar-refractivity contribution is 0.0696. The zero-order valence-corrected chi connectivity index (χ0v) is 14.5. The zero-order valence-electron chi connectivity index (χ0n) is 12.9. The highest BCUT2D eigenvalue weighted by atomic mass is 32.2. The van der Waals surface area contributed by atoms with E-state index in [2.05, 4.69) is 4.72 Å². The molecule has 5 nitrogen and oxygen atoms in total. The quantitative estimate of drug-likeness (QED) is 0.836. The van der Waals surface area contributed by atoms with E-state index >= 15 is 0 Å². The van der Waals surface area contributed by atoms with Crippen molar-refractivity contribution < 1.29 is 18.3 Å². The molecule has 1 rings (SSSR count). The molecule has 2 N–H and O–H groups in total. The molecule has 118 valence electrons. The summed E-state index contributed by atoms with van der Waals surface area (Å²) in [6, 6.07) is 2.80. The van der Waals surface area contributed by atoms with Gasteiger partial charge in [0.15, 0.2) is 0 Å². The number of sulfonamides is 1. The minimum atomic E-state index is -3.73. The first kappa shape index (κ1) is 18.0. The number of rotatable bonds is 6. The van der Waals surface area contributed by atoms with Crippen molar-refractivity contribution in [3.05, 3.63) is 28.8 Å². The van der Waals surface area contributed by atoms with Gasteiger partial charge < -0.3 is 5.11 Å². The van der Waals surface area contributed by atoms with E-state index in [9.17, 15) is 13.2 Å². The van der Waals surface area contributed by atoms with Gasteiger partial charge in [-0.15, -0.1) is 0 Å². The summed E-state index contributed by atoms with van der Waals surface area (Å²) in [6.45, 7) is 7.45. The molecule has 0 unspecified atom stereocenters. The molecule has 1 aromatic carbocycles. The maximum Gasteiger partial charge on any atom is 0.335 e. The SMILES string of the molecule is CSC(C)(C)CNS(=O)(=O)c1cc(C(=O)O)c(C)cc1C. The normalized spacial score (nSPS) is 12.4. The minimum absolute atomic E-state index is 0.00472. The summed E-state index contributed by atoms with van der Waals surface area (Å²) in [4.78, 5) is 11.2. The van der Waals surface area contributed by atoms with E-state index in [4.69, 9.17) is 5.11 Å². The summed E-state index contributed by atoms with van der Waals surface area (Å²) in [5.74, 6) is -1.13. The maximum absolute atomic E-state index is 12.4. The fraction of sp³-hybridized carbons (Fsp3) is 0.500. The predicted octanol–water partition coefficient (Wildman–Crippen LogP) is 2.42. The van der Waals surface area contributed by atoms with E-state index < -0.39 is 16.0 Å². The lowest BCUT2D eigenvalue weighted by Crippen LogP contribution is -2.36. The second-order valence-corrected chi connectivity index (χ2v) is 8.77. The van der Waals surface area contributed by atoms with Gasteiger partial charge in [-0.25, -0.2) is 17.9 Å². The van der Waals surface area contributed by atoms with Crippen molar-refractivity contribution in [2.75, 3.05) is 12.8 Å². The Hall–Kier alpha value is -1.05. The second kappa shape index (κ2) is 6.37. The highest BCUT2D eigenvalue weighted by Gasteiger charge is 2.24. The number of benzene rings is 1. The molecule has 1 aromatic rings. The average molecular weight is 331 g/mol. The summed E-state index contributed by atoms with van der Waals surface area (Å²) in [6.07, 6.45) is 1.91. The highest BCUT2D eigenvalue weighted by Crippen LogP contribution is 2.23. The van der Waals surface area contributed by atoms with Gasteiger partial charge in [0.05, 0.1) is 10.5 Å². The Morgan fingerprint density at radius 3 is 2.33 bits per heavy atom. The molecule has 0 aliphatic heterocycles. The van der Waals surface area contributed by atoms with E-state index in [1.807, 2.05) is 20.1 Å². The van der Waals surface area contributed by atoms with Crippen molar-refractivity contribution in [2.45, 2.75) is 37.3 Å². The smallest absolute Gasteiger partial charge is 0.335 e. The Bertz CT molecular complexity index is 651. The van der Waals surface area contributed by atoms with Gasteiger partial charge >= 0.3 is 5.97 Å². The molecule has 0 saturated carbocycles. The van der Waals surface area contributed by atoms with Crippen molar-refractivity contribution in [2.24, 2.45) is 0 Å². The molecule has 0 amide bonds. The first-order valence-corrected chi connectivity index (χ1v) is 9.10. The van der Waals surface area contributed by atoms with Gasteiger partial charge in [0.25, 0.3) is 0 Å². The van der Waals surface area contributed by atoms with E-state index in [0.29, 0.717) is 11.1 Å². The number of carbonyl (C=O) groups is 1. The van der Waals surface area contributed by atoms with Gasteiger partial charge in [-0.2, -0.15) is 11.8 Å². The lowest BCUT2D eigenvalue weighted by atomic mass is 10.1. The molecule has 0 heterocycles. The predicted molar refractivity (Wildman–Crippen MR) is 85.7 cm³/mol. The molecule has 0 aromatic heterocycles. The van der Waals surface area contributed by atoms with Crippen LogP contribution in [0, 0.1) is 13.8 Å². The van der Waals surface area contributed by atoms with E-state index in [-0.39, 0.29) is 21.8 Å². The summed E-state index contributed by atoms with van der Waals surface area (Å²) in [5.41, 5.74) is 1.08. The molecule has 0 aliphatic rings. The fourth-order valence-electron chi connectivity index (χ4n) is 1.77. The summed E-state index contributed by atoms with van der Waals surface area (Å²) in [5, 5.41) is 9.13. The van der Waals surface area contributed by atoms with Gasteiger partial charge in [-0.05, 0) is 51.1 Å². The van der Waals surface area contributed by atoms with Gasteiger partial charge in [0.2, 0.25) is 10.0 Å². The summed E-state index contributed by atoms with van der Waals surface area (Å²) < 4.78 is 27.1. The van der Waals surface area contributed by atoms with Crippen molar-refractivity contribution in [1.82, 2.24) is 4.72 Å². The molecule has 21 heavy (non-hydrogen) atoms. The highest BCUT2D eigenvalue weighted by molar-refractivity contribution is 8.00. The third-order valence-corrected chi connectivity index (χ3v) is 6.08. The number of nitrogens with one attached hydrogen (secondary N) is 1. The Morgan fingerprint density at radius 1 is 1.29 bits per heavy atom. The fourth-order valence-corrected chi connectivity index (χ4v) is 3.54. The summed E-state index contributed by atoms with van der Waals surface area (Å²) in [7, 11) is -3.73. The number of hydrogen-bond acceptors (Lipinski definition) is 4. The van der Waals surface area contributed by atoms with Crippen LogP contribution in [0.1, 0.15) is 35.3 Å². The van der Waals surface area contributed by atoms with Crippen LogP contribution < -0.4 is 4.72 Å². The van der Waals surface area contributed by atoms with Gasteiger partial charge in [-0.1, -0.05) is 6.07 Å². The van der Waals surface area contributed by atoms with Crippen molar-refractivity contribution >= 4 is 27.8 Å². The molecule has 0 aliphatic carbocycles. The Labute approximate surface area is 130 Å².